The first-order chi connectivity index (χ1) is 14.1. The van der Waals surface area contributed by atoms with Crippen molar-refractivity contribution in [1.82, 2.24) is 10.2 Å². The van der Waals surface area contributed by atoms with Crippen LogP contribution in [0.1, 0.15) is 60.8 Å². The van der Waals surface area contributed by atoms with E-state index in [0.29, 0.717) is 19.3 Å². The maximum atomic E-state index is 13.8. The van der Waals surface area contributed by atoms with E-state index in [1.807, 2.05) is 34.6 Å². The number of aliphatic hydroxyl groups is 1. The maximum absolute atomic E-state index is 13.8. The van der Waals surface area contributed by atoms with Crippen LogP contribution in [0.4, 0.5) is 0 Å². The molecule has 3 aliphatic heterocycles. The van der Waals surface area contributed by atoms with Gasteiger partial charge in [-0.15, -0.1) is 0 Å². The van der Waals surface area contributed by atoms with Crippen molar-refractivity contribution in [1.29, 1.82) is 0 Å². The SMILES string of the molecule is CCOC(=O)[C@H]1[C@H]2C(=O)N([C@@H](CO)C(C)C)C(C(=O)NC(C)C)C23CC[C@]1(CC)O3. The van der Waals surface area contributed by atoms with Crippen molar-refractivity contribution in [2.24, 2.45) is 17.8 Å². The lowest BCUT2D eigenvalue weighted by Gasteiger charge is -2.39. The van der Waals surface area contributed by atoms with Crippen molar-refractivity contribution in [3.05, 3.63) is 0 Å². The van der Waals surface area contributed by atoms with Crippen molar-refractivity contribution >= 4 is 17.8 Å². The molecule has 3 rings (SSSR count). The Balaban J connectivity index is 2.13. The molecule has 0 aliphatic carbocycles. The van der Waals surface area contributed by atoms with E-state index in [4.69, 9.17) is 9.47 Å². The topological polar surface area (TPSA) is 105 Å². The molecule has 1 spiro atoms. The molecule has 0 radical (unpaired) electrons. The quantitative estimate of drug-likeness (QED) is 0.568. The smallest absolute Gasteiger partial charge is 0.312 e. The van der Waals surface area contributed by atoms with Gasteiger partial charge in [-0.05, 0) is 46.0 Å². The van der Waals surface area contributed by atoms with E-state index in [0.717, 1.165) is 0 Å². The minimum absolute atomic E-state index is 0.0677. The lowest BCUT2D eigenvalue weighted by atomic mass is 9.65. The third-order valence-corrected chi connectivity index (χ3v) is 7.15. The van der Waals surface area contributed by atoms with Gasteiger partial charge in [-0.25, -0.2) is 0 Å². The van der Waals surface area contributed by atoms with Crippen molar-refractivity contribution in [3.63, 3.8) is 0 Å². The summed E-state index contributed by atoms with van der Waals surface area (Å²) in [7, 11) is 0. The molecule has 8 heteroatoms. The van der Waals surface area contributed by atoms with E-state index in [1.54, 1.807) is 6.92 Å². The van der Waals surface area contributed by atoms with Gasteiger partial charge in [-0.2, -0.15) is 0 Å². The van der Waals surface area contributed by atoms with E-state index in [9.17, 15) is 19.5 Å². The number of hydrogen-bond acceptors (Lipinski definition) is 6. The summed E-state index contributed by atoms with van der Waals surface area (Å²) in [6, 6.07) is -1.54. The van der Waals surface area contributed by atoms with Gasteiger partial charge >= 0.3 is 5.97 Å². The zero-order chi connectivity index (χ0) is 22.4. The number of aliphatic hydroxyl groups excluding tert-OH is 1. The van der Waals surface area contributed by atoms with E-state index in [2.05, 4.69) is 5.32 Å². The zero-order valence-electron chi connectivity index (χ0n) is 18.9. The molecule has 0 aromatic rings. The van der Waals surface area contributed by atoms with Gasteiger partial charge in [0.1, 0.15) is 17.6 Å². The number of carbonyl (C=O) groups is 3. The molecular formula is C22H36N2O6. The highest BCUT2D eigenvalue weighted by atomic mass is 16.6. The number of hydrogen-bond donors (Lipinski definition) is 2. The second-order valence-electron chi connectivity index (χ2n) is 9.49. The predicted molar refractivity (Wildman–Crippen MR) is 109 cm³/mol. The Morgan fingerprint density at radius 1 is 1.27 bits per heavy atom. The Morgan fingerprint density at radius 3 is 2.43 bits per heavy atom. The lowest BCUT2D eigenvalue weighted by Crippen LogP contribution is -2.59. The van der Waals surface area contributed by atoms with Gasteiger partial charge in [0.15, 0.2) is 0 Å². The summed E-state index contributed by atoms with van der Waals surface area (Å²) in [4.78, 5) is 41.7. The summed E-state index contributed by atoms with van der Waals surface area (Å²) < 4.78 is 11.9. The average Bonchev–Trinajstić information content (AvgIpc) is 3.26. The summed E-state index contributed by atoms with van der Waals surface area (Å²) >= 11 is 0. The molecule has 30 heavy (non-hydrogen) atoms. The summed E-state index contributed by atoms with van der Waals surface area (Å²) in [5, 5.41) is 13.0. The second-order valence-corrected chi connectivity index (χ2v) is 9.49. The van der Waals surface area contributed by atoms with E-state index in [1.165, 1.54) is 4.90 Å². The van der Waals surface area contributed by atoms with Gasteiger partial charge < -0.3 is 24.8 Å². The summed E-state index contributed by atoms with van der Waals surface area (Å²) in [5.74, 6) is -2.61. The van der Waals surface area contributed by atoms with Gasteiger partial charge in [0.05, 0.1) is 30.8 Å². The molecule has 2 amide bonds. The van der Waals surface area contributed by atoms with Crippen LogP contribution >= 0.6 is 0 Å². The minimum atomic E-state index is -1.08. The third-order valence-electron chi connectivity index (χ3n) is 7.15. The first-order valence-electron chi connectivity index (χ1n) is 11.2. The molecule has 8 nitrogen and oxygen atoms in total. The average molecular weight is 425 g/mol. The Hall–Kier alpha value is -1.67. The Labute approximate surface area is 178 Å². The van der Waals surface area contributed by atoms with Gasteiger partial charge in [-0.3, -0.25) is 14.4 Å². The molecule has 2 unspecified atom stereocenters. The number of ether oxygens (including phenoxy) is 2. The highest BCUT2D eigenvalue weighted by Crippen LogP contribution is 2.64. The first kappa shape index (κ1) is 23.0. The van der Waals surface area contributed by atoms with Crippen molar-refractivity contribution < 1.29 is 29.0 Å². The zero-order valence-corrected chi connectivity index (χ0v) is 18.9. The molecule has 2 bridgehead atoms. The number of likely N-dealkylation sites (tertiary alicyclic amines) is 1. The molecule has 3 fully saturated rings. The molecule has 0 aromatic carbocycles. The van der Waals surface area contributed by atoms with Crippen LogP contribution in [0.15, 0.2) is 0 Å². The van der Waals surface area contributed by atoms with Crippen LogP contribution in [0.5, 0.6) is 0 Å². The molecule has 3 saturated heterocycles. The highest BCUT2D eigenvalue weighted by Gasteiger charge is 2.79. The van der Waals surface area contributed by atoms with Crippen LogP contribution in [-0.2, 0) is 23.9 Å². The van der Waals surface area contributed by atoms with Gasteiger partial charge in [-0.1, -0.05) is 20.8 Å². The minimum Gasteiger partial charge on any atom is -0.466 e. The van der Waals surface area contributed by atoms with E-state index in [-0.39, 0.29) is 37.0 Å². The van der Waals surface area contributed by atoms with Crippen LogP contribution in [-0.4, -0.2) is 70.3 Å². The molecule has 2 N–H and O–H groups in total. The summed E-state index contributed by atoms with van der Waals surface area (Å²) in [5.41, 5.74) is -1.87. The fraction of sp³-hybridized carbons (Fsp3) is 0.864. The Kier molecular flexibility index (Phi) is 6.22. The number of nitrogens with zero attached hydrogens (tertiary/aromatic N) is 1. The predicted octanol–water partition coefficient (Wildman–Crippen LogP) is 1.25. The molecule has 3 aliphatic rings. The standard InChI is InChI=1S/C22H36N2O6/c1-7-21-9-10-22(30-21)15(16(21)20(28)29-8-2)19(27)24(14(11-25)12(3)4)17(22)18(26)23-13(5)6/h12-17,25H,7-11H2,1-6H3,(H,23,26)/t14-,15-,16+,17?,21-,22?/m0/s1. The van der Waals surface area contributed by atoms with Crippen molar-refractivity contribution in [2.45, 2.75) is 90.1 Å². The monoisotopic (exact) mass is 424 g/mol. The number of rotatable bonds is 8. The number of carbonyl (C=O) groups excluding carboxylic acids is 3. The van der Waals surface area contributed by atoms with E-state index >= 15 is 0 Å². The number of esters is 1. The summed E-state index contributed by atoms with van der Waals surface area (Å²) in [6.07, 6.45) is 1.69. The fourth-order valence-corrected chi connectivity index (χ4v) is 5.89. The molecular weight excluding hydrogens is 388 g/mol. The lowest BCUT2D eigenvalue weighted by molar-refractivity contribution is -0.162. The van der Waals surface area contributed by atoms with Crippen LogP contribution in [0.3, 0.4) is 0 Å². The molecule has 3 heterocycles. The second kappa shape index (κ2) is 8.11. The highest BCUT2D eigenvalue weighted by molar-refractivity contribution is 5.98. The van der Waals surface area contributed by atoms with E-state index < -0.39 is 41.1 Å². The number of fused-ring (bicyclic) bond motifs is 1. The van der Waals surface area contributed by atoms with Gasteiger partial charge in [0.2, 0.25) is 11.8 Å². The van der Waals surface area contributed by atoms with Gasteiger partial charge in [0, 0.05) is 6.04 Å². The Morgan fingerprint density at radius 2 is 1.93 bits per heavy atom. The van der Waals surface area contributed by atoms with Crippen LogP contribution in [0.25, 0.3) is 0 Å². The summed E-state index contributed by atoms with van der Waals surface area (Å²) in [6.45, 7) is 11.2. The normalized spacial score (nSPS) is 35.8. The van der Waals surface area contributed by atoms with Gasteiger partial charge in [0.25, 0.3) is 0 Å². The van der Waals surface area contributed by atoms with Crippen LogP contribution < -0.4 is 5.32 Å². The molecule has 0 aromatic heterocycles. The maximum Gasteiger partial charge on any atom is 0.312 e. The molecule has 0 saturated carbocycles. The van der Waals surface area contributed by atoms with Crippen molar-refractivity contribution in [3.8, 4) is 0 Å². The number of amides is 2. The largest absolute Gasteiger partial charge is 0.466 e. The molecule has 170 valence electrons. The molecule has 6 atom stereocenters. The Bertz CT molecular complexity index is 710. The van der Waals surface area contributed by atoms with Crippen molar-refractivity contribution in [2.75, 3.05) is 13.2 Å². The third kappa shape index (κ3) is 3.14. The van der Waals surface area contributed by atoms with Crippen LogP contribution in [0.2, 0.25) is 0 Å². The number of nitrogens with one attached hydrogen (secondary N) is 1. The first-order valence-corrected chi connectivity index (χ1v) is 11.2. The fourth-order valence-electron chi connectivity index (χ4n) is 5.89. The van der Waals surface area contributed by atoms with Crippen LogP contribution in [0, 0.1) is 17.8 Å².